The molecule has 1 aliphatic carbocycles. The predicted octanol–water partition coefficient (Wildman–Crippen LogP) is 4.04. The molecule has 1 aromatic rings. The Labute approximate surface area is 122 Å². The van der Waals surface area contributed by atoms with Gasteiger partial charge in [-0.05, 0) is 56.4 Å². The van der Waals surface area contributed by atoms with Crippen LogP contribution in [0.15, 0.2) is 45.3 Å². The van der Waals surface area contributed by atoms with Crippen LogP contribution in [0.1, 0.15) is 32.1 Å². The van der Waals surface area contributed by atoms with Gasteiger partial charge in [0.15, 0.2) is 0 Å². The molecular weight excluding hydrogens is 328 g/mol. The summed E-state index contributed by atoms with van der Waals surface area (Å²) in [7, 11) is -3.63. The molecule has 3 nitrogen and oxygen atoms in total. The van der Waals surface area contributed by atoms with Crippen molar-refractivity contribution < 1.29 is 12.6 Å². The van der Waals surface area contributed by atoms with Gasteiger partial charge in [-0.25, -0.2) is 0 Å². The first kappa shape index (κ1) is 14.8. The molecule has 19 heavy (non-hydrogen) atoms. The highest BCUT2D eigenvalue weighted by atomic mass is 79.9. The normalized spacial score (nSPS) is 16.2. The van der Waals surface area contributed by atoms with E-state index in [-0.39, 0.29) is 11.5 Å². The average molecular weight is 345 g/mol. The predicted molar refractivity (Wildman–Crippen MR) is 78.4 cm³/mol. The van der Waals surface area contributed by atoms with Gasteiger partial charge < -0.3 is 0 Å². The van der Waals surface area contributed by atoms with Crippen LogP contribution in [0.3, 0.4) is 0 Å². The van der Waals surface area contributed by atoms with Gasteiger partial charge in [0.05, 0.1) is 11.5 Å². The molecule has 0 atom stereocenters. The largest absolute Gasteiger partial charge is 0.296 e. The monoisotopic (exact) mass is 344 g/mol. The van der Waals surface area contributed by atoms with E-state index in [0.717, 1.165) is 17.3 Å². The van der Waals surface area contributed by atoms with Crippen LogP contribution in [-0.4, -0.2) is 15.0 Å². The van der Waals surface area contributed by atoms with Crippen LogP contribution >= 0.6 is 15.9 Å². The molecule has 104 valence electrons. The van der Waals surface area contributed by atoms with E-state index in [0.29, 0.717) is 6.42 Å². The SMILES string of the molecule is O=S(=O)(OCCC1=CCCCC1)c1ccc(Br)cc1. The molecule has 1 aliphatic rings. The number of halogens is 1. The number of rotatable bonds is 5. The van der Waals surface area contributed by atoms with E-state index in [9.17, 15) is 8.42 Å². The summed E-state index contributed by atoms with van der Waals surface area (Å²) in [6.45, 7) is 0.226. The van der Waals surface area contributed by atoms with Gasteiger partial charge in [-0.1, -0.05) is 27.6 Å². The van der Waals surface area contributed by atoms with Crippen LogP contribution < -0.4 is 0 Å². The zero-order chi connectivity index (χ0) is 13.7. The second-order valence-electron chi connectivity index (χ2n) is 4.59. The topological polar surface area (TPSA) is 43.4 Å². The Bertz CT molecular complexity index is 547. The highest BCUT2D eigenvalue weighted by molar-refractivity contribution is 9.10. The van der Waals surface area contributed by atoms with Gasteiger partial charge in [-0.15, -0.1) is 0 Å². The summed E-state index contributed by atoms with van der Waals surface area (Å²) in [5.41, 5.74) is 1.32. The van der Waals surface area contributed by atoms with Crippen molar-refractivity contribution in [2.24, 2.45) is 0 Å². The van der Waals surface area contributed by atoms with Crippen molar-refractivity contribution >= 4 is 26.0 Å². The summed E-state index contributed by atoms with van der Waals surface area (Å²) in [4.78, 5) is 0.202. The van der Waals surface area contributed by atoms with Gasteiger partial charge >= 0.3 is 0 Å². The van der Waals surface area contributed by atoms with Gasteiger partial charge in [-0.3, -0.25) is 4.18 Å². The first-order chi connectivity index (χ1) is 9.08. The number of hydrogen-bond acceptors (Lipinski definition) is 3. The zero-order valence-electron chi connectivity index (χ0n) is 10.6. The summed E-state index contributed by atoms with van der Waals surface area (Å²) in [5.74, 6) is 0. The highest BCUT2D eigenvalue weighted by Crippen LogP contribution is 2.21. The molecule has 0 N–H and O–H groups in total. The molecule has 1 aromatic carbocycles. The summed E-state index contributed by atoms with van der Waals surface area (Å²) in [6, 6.07) is 6.47. The van der Waals surface area contributed by atoms with E-state index in [4.69, 9.17) is 4.18 Å². The summed E-state index contributed by atoms with van der Waals surface area (Å²) in [5, 5.41) is 0. The van der Waals surface area contributed by atoms with Gasteiger partial charge in [-0.2, -0.15) is 8.42 Å². The Hall–Kier alpha value is -0.650. The fraction of sp³-hybridized carbons (Fsp3) is 0.429. The standard InChI is InChI=1S/C14H17BrO3S/c15-13-6-8-14(9-7-13)19(16,17)18-11-10-12-4-2-1-3-5-12/h4,6-9H,1-3,5,10-11H2. The van der Waals surface area contributed by atoms with E-state index in [1.54, 1.807) is 24.3 Å². The van der Waals surface area contributed by atoms with Crippen LogP contribution in [0.5, 0.6) is 0 Å². The lowest BCUT2D eigenvalue weighted by Crippen LogP contribution is -2.08. The Kier molecular flexibility index (Phi) is 5.19. The van der Waals surface area contributed by atoms with Crippen LogP contribution in [0.2, 0.25) is 0 Å². The van der Waals surface area contributed by atoms with Crippen molar-refractivity contribution in [1.82, 2.24) is 0 Å². The Balaban J connectivity index is 1.90. The molecule has 0 bridgehead atoms. The van der Waals surface area contributed by atoms with Crippen molar-refractivity contribution in [1.29, 1.82) is 0 Å². The Morgan fingerprint density at radius 3 is 2.53 bits per heavy atom. The van der Waals surface area contributed by atoms with Crippen molar-refractivity contribution in [3.8, 4) is 0 Å². The molecule has 2 rings (SSSR count). The average Bonchev–Trinajstić information content (AvgIpc) is 2.40. The maximum atomic E-state index is 11.9. The molecule has 5 heteroatoms. The second kappa shape index (κ2) is 6.68. The summed E-state index contributed by atoms with van der Waals surface area (Å²) >= 11 is 3.27. The lowest BCUT2D eigenvalue weighted by atomic mass is 9.98. The van der Waals surface area contributed by atoms with Gasteiger partial charge in [0, 0.05) is 4.47 Å². The third kappa shape index (κ3) is 4.44. The third-order valence-electron chi connectivity index (χ3n) is 3.15. The summed E-state index contributed by atoms with van der Waals surface area (Å²) in [6.07, 6.45) is 7.53. The van der Waals surface area contributed by atoms with Crippen LogP contribution in [0.4, 0.5) is 0 Å². The lowest BCUT2D eigenvalue weighted by Gasteiger charge is -2.12. The van der Waals surface area contributed by atoms with E-state index in [1.165, 1.54) is 18.4 Å². The molecule has 0 radical (unpaired) electrons. The molecule has 0 saturated heterocycles. The van der Waals surface area contributed by atoms with Gasteiger partial charge in [0.25, 0.3) is 10.1 Å². The van der Waals surface area contributed by atoms with Crippen LogP contribution in [0.25, 0.3) is 0 Å². The molecule has 0 aromatic heterocycles. The number of hydrogen-bond donors (Lipinski definition) is 0. The fourth-order valence-corrected chi connectivity index (χ4v) is 3.26. The van der Waals surface area contributed by atoms with Crippen molar-refractivity contribution in [2.75, 3.05) is 6.61 Å². The summed E-state index contributed by atoms with van der Waals surface area (Å²) < 4.78 is 29.8. The first-order valence-electron chi connectivity index (χ1n) is 6.41. The van der Waals surface area contributed by atoms with E-state index in [2.05, 4.69) is 22.0 Å². The van der Waals surface area contributed by atoms with Crippen molar-refractivity contribution in [3.63, 3.8) is 0 Å². The van der Waals surface area contributed by atoms with Crippen molar-refractivity contribution in [3.05, 3.63) is 40.4 Å². The molecular formula is C14H17BrO3S. The molecule has 0 unspecified atom stereocenters. The van der Waals surface area contributed by atoms with E-state index in [1.807, 2.05) is 0 Å². The van der Waals surface area contributed by atoms with Crippen LogP contribution in [-0.2, 0) is 14.3 Å². The fourth-order valence-electron chi connectivity index (χ4n) is 2.08. The Morgan fingerprint density at radius 2 is 1.89 bits per heavy atom. The Morgan fingerprint density at radius 1 is 1.16 bits per heavy atom. The van der Waals surface area contributed by atoms with Gasteiger partial charge in [0.2, 0.25) is 0 Å². The number of allylic oxidation sites excluding steroid dienone is 1. The van der Waals surface area contributed by atoms with Crippen molar-refractivity contribution in [2.45, 2.75) is 37.0 Å². The number of benzene rings is 1. The minimum atomic E-state index is -3.63. The molecule has 0 fully saturated rings. The molecule has 0 spiro atoms. The van der Waals surface area contributed by atoms with Gasteiger partial charge in [0.1, 0.15) is 0 Å². The highest BCUT2D eigenvalue weighted by Gasteiger charge is 2.15. The molecule has 0 aliphatic heterocycles. The zero-order valence-corrected chi connectivity index (χ0v) is 13.0. The lowest BCUT2D eigenvalue weighted by molar-refractivity contribution is 0.319. The maximum Gasteiger partial charge on any atom is 0.296 e. The molecule has 0 amide bonds. The quantitative estimate of drug-likeness (QED) is 0.597. The van der Waals surface area contributed by atoms with Crippen LogP contribution in [0, 0.1) is 0 Å². The molecule has 0 heterocycles. The first-order valence-corrected chi connectivity index (χ1v) is 8.61. The third-order valence-corrected chi connectivity index (χ3v) is 5.00. The minimum Gasteiger partial charge on any atom is -0.266 e. The van der Waals surface area contributed by atoms with E-state index < -0.39 is 10.1 Å². The maximum absolute atomic E-state index is 11.9. The second-order valence-corrected chi connectivity index (χ2v) is 7.12. The molecule has 0 saturated carbocycles. The van der Waals surface area contributed by atoms with E-state index >= 15 is 0 Å². The minimum absolute atomic E-state index is 0.202. The smallest absolute Gasteiger partial charge is 0.266 e.